The number of hydrogen-bond acceptors (Lipinski definition) is 8. The van der Waals surface area contributed by atoms with Crippen molar-refractivity contribution >= 4 is 34.1 Å². The van der Waals surface area contributed by atoms with Crippen LogP contribution in [-0.2, 0) is 11.3 Å². The molecule has 1 aliphatic heterocycles. The Balaban J connectivity index is 1.43. The Morgan fingerprint density at radius 2 is 1.97 bits per heavy atom. The lowest BCUT2D eigenvalue weighted by atomic mass is 10.2. The minimum absolute atomic E-state index is 0.0391. The molecule has 3 heterocycles. The van der Waals surface area contributed by atoms with E-state index in [0.29, 0.717) is 29.0 Å². The second kappa shape index (κ2) is 9.46. The molecule has 2 aromatic heterocycles. The number of amides is 1. The number of carbonyl (C=O) groups is 1. The van der Waals surface area contributed by atoms with Crippen LogP contribution in [0.1, 0.15) is 5.82 Å². The van der Waals surface area contributed by atoms with Gasteiger partial charge in [0.25, 0.3) is 5.91 Å². The number of imidazole rings is 1. The maximum Gasteiger partial charge on any atom is 0.409 e. The first-order chi connectivity index (χ1) is 18.0. The Morgan fingerprint density at radius 3 is 2.68 bits per heavy atom. The lowest BCUT2D eigenvalue weighted by Gasteiger charge is -2.24. The van der Waals surface area contributed by atoms with Crippen LogP contribution in [0.3, 0.4) is 0 Å². The highest BCUT2D eigenvalue weighted by atomic mass is 19.4. The van der Waals surface area contributed by atoms with Gasteiger partial charge in [-0.25, -0.2) is 14.8 Å². The van der Waals surface area contributed by atoms with E-state index in [1.54, 1.807) is 23.0 Å². The third-order valence-electron chi connectivity index (χ3n) is 5.81. The number of alkyl halides is 3. The number of hydrazine groups is 1. The molecule has 10 nitrogen and oxygen atoms in total. The molecule has 4 aromatic rings. The topological polar surface area (TPSA) is 117 Å². The monoisotopic (exact) mass is 530 g/mol. The van der Waals surface area contributed by atoms with Crippen molar-refractivity contribution in [2.45, 2.75) is 18.8 Å². The highest BCUT2D eigenvalue weighted by Crippen LogP contribution is 2.33. The summed E-state index contributed by atoms with van der Waals surface area (Å²) in [6.45, 7) is 0.511. The fourth-order valence-electron chi connectivity index (χ4n) is 4.03. The standard InChI is InChI=1S/C24H22F4N8O2/c1-34(2)12-21-30-7-8-35(21)13-3-5-17(16(25)10-13)31-23(37)18-11-20(24(26,27)28)32-36(18)14-4-6-19-15(9-14)22(29)33-38-19/h3-11,20,32H,12H2,1-2H3,(H2,29,33)(H,31,37). The smallest absolute Gasteiger partial charge is 0.380 e. The van der Waals surface area contributed by atoms with E-state index in [0.717, 1.165) is 11.1 Å². The number of nitrogens with one attached hydrogen (secondary N) is 2. The summed E-state index contributed by atoms with van der Waals surface area (Å²) in [7, 11) is 3.74. The Kier molecular flexibility index (Phi) is 6.28. The number of fused-ring (bicyclic) bond motifs is 1. The molecule has 0 fully saturated rings. The van der Waals surface area contributed by atoms with E-state index in [4.69, 9.17) is 10.3 Å². The van der Waals surface area contributed by atoms with Crippen LogP contribution in [0.4, 0.5) is 34.8 Å². The molecule has 2 aromatic carbocycles. The zero-order valence-corrected chi connectivity index (χ0v) is 20.1. The van der Waals surface area contributed by atoms with E-state index in [1.165, 1.54) is 30.3 Å². The van der Waals surface area contributed by atoms with Gasteiger partial charge in [0.15, 0.2) is 11.4 Å². The van der Waals surface area contributed by atoms with Crippen molar-refractivity contribution in [1.29, 1.82) is 0 Å². The normalized spacial score (nSPS) is 15.9. The largest absolute Gasteiger partial charge is 0.409 e. The van der Waals surface area contributed by atoms with Gasteiger partial charge in [-0.2, -0.15) is 13.2 Å². The number of anilines is 3. The van der Waals surface area contributed by atoms with Gasteiger partial charge in [0.05, 0.1) is 23.3 Å². The molecule has 38 heavy (non-hydrogen) atoms. The molecule has 14 heteroatoms. The van der Waals surface area contributed by atoms with Crippen molar-refractivity contribution in [3.05, 3.63) is 72.2 Å². The van der Waals surface area contributed by atoms with E-state index in [2.05, 4.69) is 20.9 Å². The van der Waals surface area contributed by atoms with Crippen molar-refractivity contribution in [2.24, 2.45) is 0 Å². The van der Waals surface area contributed by atoms with E-state index >= 15 is 4.39 Å². The third kappa shape index (κ3) is 4.78. The molecule has 0 aliphatic carbocycles. The van der Waals surface area contributed by atoms with Crippen molar-refractivity contribution in [3.8, 4) is 5.69 Å². The maximum atomic E-state index is 15.0. The van der Waals surface area contributed by atoms with Gasteiger partial charge in [-0.1, -0.05) is 5.16 Å². The molecule has 0 saturated heterocycles. The molecule has 0 saturated carbocycles. The van der Waals surface area contributed by atoms with Crippen LogP contribution >= 0.6 is 0 Å². The predicted octanol–water partition coefficient (Wildman–Crippen LogP) is 3.57. The minimum Gasteiger partial charge on any atom is -0.380 e. The minimum atomic E-state index is -4.69. The van der Waals surface area contributed by atoms with Gasteiger partial charge in [-0.3, -0.25) is 9.80 Å². The van der Waals surface area contributed by atoms with E-state index in [-0.39, 0.29) is 22.9 Å². The van der Waals surface area contributed by atoms with E-state index in [9.17, 15) is 18.0 Å². The van der Waals surface area contributed by atoms with Crippen LogP contribution in [0.25, 0.3) is 16.7 Å². The van der Waals surface area contributed by atoms with Gasteiger partial charge in [0.2, 0.25) is 0 Å². The first kappa shape index (κ1) is 25.2. The number of nitrogen functional groups attached to an aromatic ring is 1. The Labute approximate surface area is 213 Å². The quantitative estimate of drug-likeness (QED) is 0.324. The molecule has 1 atom stereocenters. The summed E-state index contributed by atoms with van der Waals surface area (Å²) in [5.41, 5.74) is 8.40. The molecule has 0 bridgehead atoms. The fourth-order valence-corrected chi connectivity index (χ4v) is 4.03. The SMILES string of the molecule is CN(C)Cc1nccn1-c1ccc(NC(=O)C2=CC(C(F)(F)F)NN2c2ccc3onc(N)c3c2)c(F)c1. The van der Waals surface area contributed by atoms with E-state index < -0.39 is 23.9 Å². The van der Waals surface area contributed by atoms with Crippen LogP contribution in [0, 0.1) is 5.82 Å². The van der Waals surface area contributed by atoms with Gasteiger partial charge in [-0.05, 0) is 50.5 Å². The molecular weight excluding hydrogens is 508 g/mol. The van der Waals surface area contributed by atoms with Gasteiger partial charge in [0.1, 0.15) is 23.4 Å². The number of hydrogen-bond donors (Lipinski definition) is 3. The van der Waals surface area contributed by atoms with Gasteiger partial charge in [0, 0.05) is 24.1 Å². The zero-order valence-electron chi connectivity index (χ0n) is 20.1. The van der Waals surface area contributed by atoms with Crippen LogP contribution in [0.2, 0.25) is 0 Å². The van der Waals surface area contributed by atoms with Crippen molar-refractivity contribution in [2.75, 3.05) is 30.2 Å². The summed E-state index contributed by atoms with van der Waals surface area (Å²) in [4.78, 5) is 19.3. The van der Waals surface area contributed by atoms with Gasteiger partial charge in [-0.15, -0.1) is 0 Å². The molecule has 0 radical (unpaired) electrons. The number of nitrogens with zero attached hydrogens (tertiary/aromatic N) is 5. The summed E-state index contributed by atoms with van der Waals surface area (Å²) < 4.78 is 62.4. The Morgan fingerprint density at radius 1 is 1.21 bits per heavy atom. The average Bonchev–Trinajstić information content (AvgIpc) is 3.58. The maximum absolute atomic E-state index is 15.0. The predicted molar refractivity (Wildman–Crippen MR) is 132 cm³/mol. The van der Waals surface area contributed by atoms with Crippen LogP contribution in [0.15, 0.2) is 65.1 Å². The molecule has 4 N–H and O–H groups in total. The first-order valence-corrected chi connectivity index (χ1v) is 11.3. The molecule has 198 valence electrons. The molecule has 1 amide bonds. The number of carbonyl (C=O) groups excluding carboxylic acids is 1. The second-order valence-electron chi connectivity index (χ2n) is 8.85. The van der Waals surface area contributed by atoms with Crippen LogP contribution < -0.4 is 21.5 Å². The summed E-state index contributed by atoms with van der Waals surface area (Å²) in [6.07, 6.45) is -0.707. The Bertz CT molecular complexity index is 1540. The molecule has 1 unspecified atom stereocenters. The zero-order chi connectivity index (χ0) is 27.2. The third-order valence-corrected chi connectivity index (χ3v) is 5.81. The average molecular weight is 530 g/mol. The number of benzene rings is 2. The summed E-state index contributed by atoms with van der Waals surface area (Å²) in [6, 6.07) is 6.29. The fraction of sp³-hybridized carbons (Fsp3) is 0.208. The van der Waals surface area contributed by atoms with Gasteiger partial charge < -0.3 is 25.0 Å². The summed E-state index contributed by atoms with van der Waals surface area (Å²) in [5, 5.41) is 7.31. The van der Waals surface area contributed by atoms with Crippen molar-refractivity contribution < 1.29 is 26.9 Å². The van der Waals surface area contributed by atoms with E-state index in [1.807, 2.05) is 19.0 Å². The second-order valence-corrected chi connectivity index (χ2v) is 8.85. The Hall–Kier alpha value is -4.43. The number of nitrogens with two attached hydrogens (primary N) is 1. The lowest BCUT2D eigenvalue weighted by Crippen LogP contribution is -2.45. The first-order valence-electron chi connectivity index (χ1n) is 11.3. The van der Waals surface area contributed by atoms with Crippen LogP contribution in [-0.4, -0.2) is 51.8 Å². The van der Waals surface area contributed by atoms with Crippen molar-refractivity contribution in [1.82, 2.24) is 25.0 Å². The summed E-state index contributed by atoms with van der Waals surface area (Å²) in [5.74, 6) is -1.01. The number of halogens is 4. The summed E-state index contributed by atoms with van der Waals surface area (Å²) >= 11 is 0. The number of rotatable bonds is 6. The molecule has 0 spiro atoms. The highest BCUT2D eigenvalue weighted by Gasteiger charge is 2.45. The lowest BCUT2D eigenvalue weighted by molar-refractivity contribution is -0.142. The molecule has 5 rings (SSSR count). The van der Waals surface area contributed by atoms with Gasteiger partial charge >= 0.3 is 6.18 Å². The van der Waals surface area contributed by atoms with Crippen molar-refractivity contribution in [3.63, 3.8) is 0 Å². The highest BCUT2D eigenvalue weighted by molar-refractivity contribution is 6.07. The number of aromatic nitrogens is 3. The van der Waals surface area contributed by atoms with Crippen LogP contribution in [0.5, 0.6) is 0 Å². The molecule has 1 aliphatic rings. The molecular formula is C24H22F4N8O2.